The van der Waals surface area contributed by atoms with Crippen molar-refractivity contribution in [1.29, 1.82) is 0 Å². The van der Waals surface area contributed by atoms with Crippen molar-refractivity contribution in [3.8, 4) is 0 Å². The Labute approximate surface area is 148 Å². The summed E-state index contributed by atoms with van der Waals surface area (Å²) in [6.07, 6.45) is 4.64. The maximum atomic E-state index is 11.3. The number of nitrogens with one attached hydrogen (secondary N) is 1. The maximum absolute atomic E-state index is 11.3. The molecule has 2 N–H and O–H groups in total. The molecule has 4 rings (SSSR count). The summed E-state index contributed by atoms with van der Waals surface area (Å²) >= 11 is 0. The molecular formula is C20H26N2O3. The molecule has 1 aliphatic carbocycles. The predicted octanol–water partition coefficient (Wildman–Crippen LogP) is 2.55. The molecule has 1 aromatic heterocycles. The minimum atomic E-state index is -1.05. The van der Waals surface area contributed by atoms with Gasteiger partial charge in [0.1, 0.15) is 11.8 Å². The number of nitrogens with zero attached hydrogens (tertiary/aromatic N) is 1. The van der Waals surface area contributed by atoms with Crippen LogP contribution in [-0.2, 0) is 15.9 Å². The maximum Gasteiger partial charge on any atom is 0.122 e. The predicted molar refractivity (Wildman–Crippen MR) is 98.4 cm³/mol. The molecular weight excluding hydrogens is 316 g/mol. The average molecular weight is 342 g/mol. The van der Waals surface area contributed by atoms with Crippen molar-refractivity contribution >= 4 is 16.5 Å². The quantitative estimate of drug-likeness (QED) is 0.897. The fourth-order valence-electron chi connectivity index (χ4n) is 4.31. The fourth-order valence-corrected chi connectivity index (χ4v) is 4.31. The molecule has 2 heterocycles. The minimum Gasteiger partial charge on any atom is -0.382 e. The topological polar surface area (TPSA) is 57.7 Å². The largest absolute Gasteiger partial charge is 0.382 e. The van der Waals surface area contributed by atoms with Crippen LogP contribution < -0.4 is 0 Å². The van der Waals surface area contributed by atoms with E-state index in [1.54, 1.807) is 14.2 Å². The van der Waals surface area contributed by atoms with Gasteiger partial charge in [-0.25, -0.2) is 0 Å². The number of ether oxygens (including phenoxy) is 2. The summed E-state index contributed by atoms with van der Waals surface area (Å²) in [5, 5.41) is 12.6. The van der Waals surface area contributed by atoms with Gasteiger partial charge in [0.05, 0.1) is 6.10 Å². The minimum absolute atomic E-state index is 0.0935. The number of β-amino-alcohol motifs (C(OH)–C–C–N with tert-alkyl or cyclic N) is 1. The lowest BCUT2D eigenvalue weighted by atomic mass is 9.77. The molecule has 4 atom stereocenters. The smallest absolute Gasteiger partial charge is 0.122 e. The Morgan fingerprint density at radius 2 is 2.08 bits per heavy atom. The SMILES string of the molecule is COC(C)N1C[C@](O)(C(C)OC)C=C2c3cccc4[nH]cc(c34)C[C@H]21. The van der Waals surface area contributed by atoms with E-state index in [1.165, 1.54) is 22.1 Å². The second-order valence-electron chi connectivity index (χ2n) is 7.24. The third-order valence-electron chi connectivity index (χ3n) is 5.98. The van der Waals surface area contributed by atoms with E-state index in [2.05, 4.69) is 34.3 Å². The second kappa shape index (κ2) is 5.95. The lowest BCUT2D eigenvalue weighted by molar-refractivity contribution is -0.115. The Balaban J connectivity index is 1.91. The third kappa shape index (κ3) is 2.46. The lowest BCUT2D eigenvalue weighted by Gasteiger charge is -2.48. The van der Waals surface area contributed by atoms with Gasteiger partial charge >= 0.3 is 0 Å². The number of hydrogen-bond donors (Lipinski definition) is 2. The van der Waals surface area contributed by atoms with Gasteiger partial charge in [-0.05, 0) is 49.1 Å². The molecule has 2 unspecified atom stereocenters. The molecule has 2 aliphatic rings. The Morgan fingerprint density at radius 1 is 1.28 bits per heavy atom. The Hall–Kier alpha value is -1.66. The van der Waals surface area contributed by atoms with E-state index in [9.17, 15) is 5.11 Å². The van der Waals surface area contributed by atoms with Gasteiger partial charge in [-0.3, -0.25) is 4.90 Å². The van der Waals surface area contributed by atoms with Crippen LogP contribution in [0.1, 0.15) is 25.0 Å². The van der Waals surface area contributed by atoms with Crippen molar-refractivity contribution in [2.45, 2.75) is 44.2 Å². The van der Waals surface area contributed by atoms with Crippen LogP contribution in [0, 0.1) is 0 Å². The lowest BCUT2D eigenvalue weighted by Crippen LogP contribution is -2.59. The molecule has 2 aromatic rings. The van der Waals surface area contributed by atoms with Crippen LogP contribution in [0.3, 0.4) is 0 Å². The molecule has 1 aromatic carbocycles. The van der Waals surface area contributed by atoms with Crippen molar-refractivity contribution in [3.63, 3.8) is 0 Å². The van der Waals surface area contributed by atoms with Crippen LogP contribution in [0.4, 0.5) is 0 Å². The highest BCUT2D eigenvalue weighted by molar-refractivity contribution is 5.98. The van der Waals surface area contributed by atoms with Crippen LogP contribution in [-0.4, -0.2) is 59.7 Å². The third-order valence-corrected chi connectivity index (χ3v) is 5.98. The van der Waals surface area contributed by atoms with Crippen LogP contribution in [0.2, 0.25) is 0 Å². The number of benzene rings is 1. The normalized spacial score (nSPS) is 28.5. The van der Waals surface area contributed by atoms with Crippen molar-refractivity contribution in [3.05, 3.63) is 41.6 Å². The summed E-state index contributed by atoms with van der Waals surface area (Å²) in [7, 11) is 3.36. The van der Waals surface area contributed by atoms with E-state index in [0.29, 0.717) is 6.54 Å². The van der Waals surface area contributed by atoms with Gasteiger partial charge in [-0.15, -0.1) is 0 Å². The Kier molecular flexibility index (Phi) is 4.00. The first kappa shape index (κ1) is 16.8. The average Bonchev–Trinajstić information content (AvgIpc) is 3.05. The van der Waals surface area contributed by atoms with E-state index in [4.69, 9.17) is 9.47 Å². The number of aromatic amines is 1. The van der Waals surface area contributed by atoms with E-state index in [1.807, 2.05) is 19.9 Å². The summed E-state index contributed by atoms with van der Waals surface area (Å²) in [4.78, 5) is 5.63. The number of methoxy groups -OCH3 is 2. The van der Waals surface area contributed by atoms with Crippen LogP contribution in [0.25, 0.3) is 16.5 Å². The zero-order valence-electron chi connectivity index (χ0n) is 15.2. The van der Waals surface area contributed by atoms with Gasteiger partial charge in [-0.1, -0.05) is 12.1 Å². The molecule has 5 heteroatoms. The zero-order valence-corrected chi connectivity index (χ0v) is 15.2. The molecule has 0 saturated carbocycles. The summed E-state index contributed by atoms with van der Waals surface area (Å²) in [5.41, 5.74) is 3.78. The number of aromatic nitrogens is 1. The summed E-state index contributed by atoms with van der Waals surface area (Å²) in [6.45, 7) is 4.44. The number of aliphatic hydroxyl groups is 1. The van der Waals surface area contributed by atoms with E-state index in [0.717, 1.165) is 11.9 Å². The van der Waals surface area contributed by atoms with Gasteiger partial charge in [-0.2, -0.15) is 0 Å². The van der Waals surface area contributed by atoms with Crippen LogP contribution in [0.5, 0.6) is 0 Å². The van der Waals surface area contributed by atoms with E-state index >= 15 is 0 Å². The molecule has 1 aliphatic heterocycles. The summed E-state index contributed by atoms with van der Waals surface area (Å²) in [5.74, 6) is 0. The molecule has 0 radical (unpaired) electrons. The summed E-state index contributed by atoms with van der Waals surface area (Å²) < 4.78 is 11.1. The molecule has 0 bridgehead atoms. The van der Waals surface area contributed by atoms with Crippen molar-refractivity contribution < 1.29 is 14.6 Å². The molecule has 25 heavy (non-hydrogen) atoms. The van der Waals surface area contributed by atoms with E-state index < -0.39 is 5.60 Å². The Bertz CT molecular complexity index is 827. The highest BCUT2D eigenvalue weighted by Crippen LogP contribution is 2.43. The molecule has 0 spiro atoms. The molecule has 0 saturated heterocycles. The van der Waals surface area contributed by atoms with Gasteiger partial charge in [0, 0.05) is 43.9 Å². The summed E-state index contributed by atoms with van der Waals surface area (Å²) in [6, 6.07) is 6.51. The van der Waals surface area contributed by atoms with Gasteiger partial charge in [0.25, 0.3) is 0 Å². The molecule has 0 amide bonds. The number of H-pyrrole nitrogens is 1. The fraction of sp³-hybridized carbons (Fsp3) is 0.500. The zero-order chi connectivity index (χ0) is 17.8. The van der Waals surface area contributed by atoms with Gasteiger partial charge < -0.3 is 19.6 Å². The Morgan fingerprint density at radius 3 is 2.80 bits per heavy atom. The van der Waals surface area contributed by atoms with Crippen molar-refractivity contribution in [2.24, 2.45) is 0 Å². The number of rotatable bonds is 4. The standard InChI is InChI=1S/C20H26N2O3/c1-12(24-3)20(23)9-16-15-6-5-7-17-19(15)14(10-21-17)8-18(16)22(11-20)13(2)25-4/h5-7,9-10,12-13,18,21,23H,8,11H2,1-4H3/t12?,13?,18-,20+/m1/s1. The molecule has 134 valence electrons. The van der Waals surface area contributed by atoms with E-state index in [-0.39, 0.29) is 18.4 Å². The van der Waals surface area contributed by atoms with Gasteiger partial charge in [0.2, 0.25) is 0 Å². The first-order valence-corrected chi connectivity index (χ1v) is 8.84. The van der Waals surface area contributed by atoms with Crippen LogP contribution >= 0.6 is 0 Å². The first-order valence-electron chi connectivity index (χ1n) is 8.84. The highest BCUT2D eigenvalue weighted by atomic mass is 16.5. The number of fused-ring (bicyclic) bond motifs is 2. The monoisotopic (exact) mass is 342 g/mol. The van der Waals surface area contributed by atoms with Crippen molar-refractivity contribution in [1.82, 2.24) is 9.88 Å². The highest BCUT2D eigenvalue weighted by Gasteiger charge is 2.45. The first-order chi connectivity index (χ1) is 12.0. The number of hydrogen-bond acceptors (Lipinski definition) is 4. The van der Waals surface area contributed by atoms with Gasteiger partial charge in [0.15, 0.2) is 0 Å². The second-order valence-corrected chi connectivity index (χ2v) is 7.24. The molecule has 5 nitrogen and oxygen atoms in total. The van der Waals surface area contributed by atoms with Crippen molar-refractivity contribution in [2.75, 3.05) is 20.8 Å². The molecule has 0 fully saturated rings. The van der Waals surface area contributed by atoms with Crippen LogP contribution in [0.15, 0.2) is 30.5 Å².